The highest BCUT2D eigenvalue weighted by molar-refractivity contribution is 5.82. The van der Waals surface area contributed by atoms with Crippen molar-refractivity contribution in [3.05, 3.63) is 11.7 Å². The number of carboxylic acid groups (broad SMARTS) is 1. The van der Waals surface area contributed by atoms with E-state index in [-0.39, 0.29) is 18.5 Å². The van der Waals surface area contributed by atoms with Crippen LogP contribution in [0.2, 0.25) is 0 Å². The third kappa shape index (κ3) is 6.59. The van der Waals surface area contributed by atoms with Crippen molar-refractivity contribution < 1.29 is 24.3 Å². The zero-order chi connectivity index (χ0) is 17.2. The lowest BCUT2D eigenvalue weighted by Gasteiger charge is -2.11. The van der Waals surface area contributed by atoms with Crippen LogP contribution in [-0.4, -0.2) is 51.5 Å². The molecule has 11 nitrogen and oxygen atoms in total. The molecule has 11 heteroatoms. The van der Waals surface area contributed by atoms with E-state index in [1.54, 1.807) is 0 Å². The minimum absolute atomic E-state index is 0.0911. The predicted molar refractivity (Wildman–Crippen MR) is 78.0 cm³/mol. The molecule has 1 aromatic heterocycles. The van der Waals surface area contributed by atoms with Crippen molar-refractivity contribution in [3.8, 4) is 0 Å². The van der Waals surface area contributed by atoms with Crippen molar-refractivity contribution >= 4 is 12.0 Å². The molecular formula is C12H22N6O5. The number of hydrogen-bond donors (Lipinski definition) is 6. The predicted octanol–water partition coefficient (Wildman–Crippen LogP) is -1.56. The van der Waals surface area contributed by atoms with E-state index in [0.717, 1.165) is 12.8 Å². The molecule has 0 radical (unpaired) electrons. The highest BCUT2D eigenvalue weighted by Gasteiger charge is 2.19. The third-order valence-electron chi connectivity index (χ3n) is 2.97. The molecule has 0 fully saturated rings. The van der Waals surface area contributed by atoms with Crippen LogP contribution in [-0.2, 0) is 11.3 Å². The maximum Gasteiger partial charge on any atom is 0.328 e. The van der Waals surface area contributed by atoms with Gasteiger partial charge in [-0.3, -0.25) is 0 Å². The van der Waals surface area contributed by atoms with Gasteiger partial charge < -0.3 is 36.8 Å². The SMILES string of the molecule is NCCCCC(N)c1noc(CNC(=O)NC(CO)C(=O)O)n1. The smallest absolute Gasteiger partial charge is 0.328 e. The normalized spacial score (nSPS) is 13.3. The van der Waals surface area contributed by atoms with E-state index in [1.165, 1.54) is 0 Å². The lowest BCUT2D eigenvalue weighted by atomic mass is 10.1. The van der Waals surface area contributed by atoms with E-state index in [4.69, 9.17) is 26.2 Å². The number of nitrogens with one attached hydrogen (secondary N) is 2. The summed E-state index contributed by atoms with van der Waals surface area (Å²) in [5.41, 5.74) is 11.3. The van der Waals surface area contributed by atoms with Crippen molar-refractivity contribution in [1.29, 1.82) is 0 Å². The number of hydrogen-bond acceptors (Lipinski definition) is 8. The van der Waals surface area contributed by atoms with Crippen molar-refractivity contribution in [2.75, 3.05) is 13.2 Å². The topological polar surface area (TPSA) is 190 Å². The van der Waals surface area contributed by atoms with Gasteiger partial charge in [-0.1, -0.05) is 11.6 Å². The van der Waals surface area contributed by atoms with E-state index in [1.807, 2.05) is 0 Å². The average molecular weight is 330 g/mol. The van der Waals surface area contributed by atoms with Crippen molar-refractivity contribution in [3.63, 3.8) is 0 Å². The number of carbonyl (C=O) groups is 2. The first-order chi connectivity index (χ1) is 11.0. The largest absolute Gasteiger partial charge is 0.480 e. The van der Waals surface area contributed by atoms with Gasteiger partial charge in [-0.05, 0) is 19.4 Å². The summed E-state index contributed by atoms with van der Waals surface area (Å²) in [5.74, 6) is -0.871. The summed E-state index contributed by atoms with van der Waals surface area (Å²) in [7, 11) is 0. The molecule has 2 amide bonds. The van der Waals surface area contributed by atoms with Crippen molar-refractivity contribution in [2.45, 2.75) is 37.9 Å². The maximum absolute atomic E-state index is 11.5. The number of aliphatic hydroxyl groups excluding tert-OH is 1. The fourth-order valence-corrected chi connectivity index (χ4v) is 1.68. The van der Waals surface area contributed by atoms with Crippen LogP contribution in [0.25, 0.3) is 0 Å². The van der Waals surface area contributed by atoms with E-state index < -0.39 is 24.6 Å². The number of aliphatic hydroxyl groups is 1. The molecule has 2 atom stereocenters. The number of aliphatic carboxylic acids is 1. The first-order valence-electron chi connectivity index (χ1n) is 7.14. The Morgan fingerprint density at radius 1 is 1.35 bits per heavy atom. The molecule has 0 bridgehead atoms. The van der Waals surface area contributed by atoms with Gasteiger partial charge in [0.2, 0.25) is 5.89 Å². The Morgan fingerprint density at radius 2 is 2.09 bits per heavy atom. The number of rotatable bonds is 10. The zero-order valence-electron chi connectivity index (χ0n) is 12.6. The van der Waals surface area contributed by atoms with Crippen LogP contribution in [0.1, 0.15) is 37.0 Å². The number of nitrogens with zero attached hydrogens (tertiary/aromatic N) is 2. The van der Waals surface area contributed by atoms with Gasteiger partial charge in [0, 0.05) is 0 Å². The van der Waals surface area contributed by atoms with Crippen LogP contribution >= 0.6 is 0 Å². The first-order valence-corrected chi connectivity index (χ1v) is 7.14. The maximum atomic E-state index is 11.5. The molecule has 2 unspecified atom stereocenters. The molecule has 0 aromatic carbocycles. The average Bonchev–Trinajstić information content (AvgIpc) is 2.99. The summed E-state index contributed by atoms with van der Waals surface area (Å²) in [6.45, 7) is -0.217. The number of aromatic nitrogens is 2. The molecule has 0 saturated heterocycles. The second-order valence-corrected chi connectivity index (χ2v) is 4.84. The van der Waals surface area contributed by atoms with Crippen LogP contribution in [0, 0.1) is 0 Å². The van der Waals surface area contributed by atoms with Crippen LogP contribution in [0.3, 0.4) is 0 Å². The molecule has 1 rings (SSSR count). The van der Waals surface area contributed by atoms with Gasteiger partial charge in [0.25, 0.3) is 0 Å². The highest BCUT2D eigenvalue weighted by atomic mass is 16.5. The van der Waals surface area contributed by atoms with Crippen LogP contribution in [0.4, 0.5) is 4.79 Å². The van der Waals surface area contributed by atoms with Gasteiger partial charge in [0.15, 0.2) is 11.9 Å². The summed E-state index contributed by atoms with van der Waals surface area (Å²) in [6, 6.07) is -2.54. The molecule has 0 aliphatic heterocycles. The van der Waals surface area contributed by atoms with E-state index in [2.05, 4.69) is 20.8 Å². The fourth-order valence-electron chi connectivity index (χ4n) is 1.68. The van der Waals surface area contributed by atoms with Gasteiger partial charge >= 0.3 is 12.0 Å². The number of amides is 2. The Kier molecular flexibility index (Phi) is 7.94. The molecule has 8 N–H and O–H groups in total. The molecule has 0 spiro atoms. The first kappa shape index (κ1) is 18.8. The summed E-state index contributed by atoms with van der Waals surface area (Å²) < 4.78 is 4.95. The molecular weight excluding hydrogens is 308 g/mol. The van der Waals surface area contributed by atoms with Gasteiger partial charge in [0.05, 0.1) is 19.2 Å². The zero-order valence-corrected chi connectivity index (χ0v) is 12.6. The summed E-state index contributed by atoms with van der Waals surface area (Å²) >= 11 is 0. The Bertz CT molecular complexity index is 508. The minimum atomic E-state index is -1.38. The van der Waals surface area contributed by atoms with E-state index in [9.17, 15) is 9.59 Å². The van der Waals surface area contributed by atoms with Crippen molar-refractivity contribution in [1.82, 2.24) is 20.8 Å². The molecule has 130 valence electrons. The molecule has 1 heterocycles. The fraction of sp³-hybridized carbons (Fsp3) is 0.667. The minimum Gasteiger partial charge on any atom is -0.480 e. The number of carboxylic acids is 1. The van der Waals surface area contributed by atoms with Gasteiger partial charge in [0.1, 0.15) is 0 Å². The summed E-state index contributed by atoms with van der Waals surface area (Å²) in [5, 5.41) is 25.6. The second-order valence-electron chi connectivity index (χ2n) is 4.84. The molecule has 1 aromatic rings. The van der Waals surface area contributed by atoms with Gasteiger partial charge in [-0.15, -0.1) is 0 Å². The quantitative estimate of drug-likeness (QED) is 0.275. The standard InChI is InChI=1S/C12H22N6O5/c13-4-2-1-3-7(14)10-17-9(23-18-10)5-15-12(22)16-8(6-19)11(20)21/h7-8,19H,1-6,13-14H2,(H,20,21)(H2,15,16,22). The Morgan fingerprint density at radius 3 is 2.70 bits per heavy atom. The lowest BCUT2D eigenvalue weighted by molar-refractivity contribution is -0.140. The lowest BCUT2D eigenvalue weighted by Crippen LogP contribution is -2.47. The number of carbonyl (C=O) groups excluding carboxylic acids is 1. The van der Waals surface area contributed by atoms with Gasteiger partial charge in [-0.2, -0.15) is 4.98 Å². The highest BCUT2D eigenvalue weighted by Crippen LogP contribution is 2.13. The Hall–Kier alpha value is -2.24. The van der Waals surface area contributed by atoms with Crippen molar-refractivity contribution in [2.24, 2.45) is 11.5 Å². The Balaban J connectivity index is 2.41. The molecule has 0 saturated carbocycles. The molecule has 0 aliphatic rings. The number of urea groups is 1. The summed E-state index contributed by atoms with van der Waals surface area (Å²) in [4.78, 5) is 26.2. The van der Waals surface area contributed by atoms with E-state index >= 15 is 0 Å². The second kappa shape index (κ2) is 9.71. The number of nitrogens with two attached hydrogens (primary N) is 2. The van der Waals surface area contributed by atoms with Crippen LogP contribution in [0.5, 0.6) is 0 Å². The third-order valence-corrected chi connectivity index (χ3v) is 2.97. The van der Waals surface area contributed by atoms with Crippen LogP contribution in [0.15, 0.2) is 4.52 Å². The van der Waals surface area contributed by atoms with E-state index in [0.29, 0.717) is 18.8 Å². The molecule has 0 aliphatic carbocycles. The monoisotopic (exact) mass is 330 g/mol. The van der Waals surface area contributed by atoms with Crippen LogP contribution < -0.4 is 22.1 Å². The number of unbranched alkanes of at least 4 members (excludes halogenated alkanes) is 1. The van der Waals surface area contributed by atoms with Gasteiger partial charge in [-0.25, -0.2) is 9.59 Å². The Labute approximate surface area is 132 Å². The molecule has 23 heavy (non-hydrogen) atoms. The summed E-state index contributed by atoms with van der Waals surface area (Å²) in [6.07, 6.45) is 2.37.